The van der Waals surface area contributed by atoms with E-state index in [2.05, 4.69) is 0 Å². The normalized spacial score (nSPS) is 13.1. The molecule has 0 saturated heterocycles. The van der Waals surface area contributed by atoms with Crippen LogP contribution in [0.5, 0.6) is 11.5 Å². The van der Waals surface area contributed by atoms with Crippen LogP contribution < -0.4 is 0 Å². The van der Waals surface area contributed by atoms with Gasteiger partial charge in [-0.25, -0.2) is 0 Å². The molecule has 2 aromatic rings. The highest BCUT2D eigenvalue weighted by Crippen LogP contribution is 2.38. The monoisotopic (exact) mass is 268 g/mol. The average molecular weight is 268 g/mol. The molecule has 2 N–H and O–H groups in total. The van der Waals surface area contributed by atoms with Crippen molar-refractivity contribution in [2.75, 3.05) is 0 Å². The van der Waals surface area contributed by atoms with E-state index in [9.17, 15) is 19.8 Å². The predicted octanol–water partition coefficient (Wildman–Crippen LogP) is 2.44. The second kappa shape index (κ2) is 4.20. The molecule has 1 aliphatic carbocycles. The zero-order chi connectivity index (χ0) is 14.4. The third-order valence-corrected chi connectivity index (χ3v) is 3.62. The van der Waals surface area contributed by atoms with Gasteiger partial charge in [0.05, 0.1) is 11.1 Å². The van der Waals surface area contributed by atoms with Crippen molar-refractivity contribution in [3.63, 3.8) is 0 Å². The van der Waals surface area contributed by atoms with Crippen LogP contribution in [0.3, 0.4) is 0 Å². The highest BCUT2D eigenvalue weighted by molar-refractivity contribution is 6.30. The van der Waals surface area contributed by atoms with Crippen molar-refractivity contribution in [2.24, 2.45) is 0 Å². The van der Waals surface area contributed by atoms with Gasteiger partial charge >= 0.3 is 0 Å². The maximum Gasteiger partial charge on any atom is 0.198 e. The Labute approximate surface area is 115 Å². The van der Waals surface area contributed by atoms with Gasteiger partial charge in [0, 0.05) is 11.1 Å². The number of phenolic OH excluding ortho intramolecular Hbond substituents is 2. The van der Waals surface area contributed by atoms with E-state index in [0.717, 1.165) is 5.56 Å². The van der Waals surface area contributed by atoms with E-state index >= 15 is 0 Å². The predicted molar refractivity (Wildman–Crippen MR) is 72.5 cm³/mol. The Morgan fingerprint density at radius 2 is 1.45 bits per heavy atom. The summed E-state index contributed by atoms with van der Waals surface area (Å²) in [6.07, 6.45) is 0.608. The van der Waals surface area contributed by atoms with Crippen molar-refractivity contribution in [3.05, 3.63) is 58.1 Å². The molecule has 0 amide bonds. The molecule has 20 heavy (non-hydrogen) atoms. The van der Waals surface area contributed by atoms with E-state index in [0.29, 0.717) is 12.0 Å². The third-order valence-electron chi connectivity index (χ3n) is 3.62. The molecule has 4 nitrogen and oxygen atoms in total. The van der Waals surface area contributed by atoms with Gasteiger partial charge in [0.1, 0.15) is 11.5 Å². The molecule has 3 rings (SSSR count). The van der Waals surface area contributed by atoms with Crippen molar-refractivity contribution in [1.29, 1.82) is 0 Å². The number of carbonyl (C=O) groups excluding carboxylic acids is 2. The molecule has 0 aromatic heterocycles. The van der Waals surface area contributed by atoms with Gasteiger partial charge < -0.3 is 10.2 Å². The Morgan fingerprint density at radius 1 is 0.850 bits per heavy atom. The molecule has 100 valence electrons. The summed E-state index contributed by atoms with van der Waals surface area (Å²) in [6.45, 7) is 1.89. The first-order chi connectivity index (χ1) is 9.56. The van der Waals surface area contributed by atoms with Crippen molar-refractivity contribution < 1.29 is 19.8 Å². The summed E-state index contributed by atoms with van der Waals surface area (Å²) in [5.41, 5.74) is 1.14. The molecule has 0 spiro atoms. The smallest absolute Gasteiger partial charge is 0.198 e. The van der Waals surface area contributed by atoms with E-state index in [-0.39, 0.29) is 28.2 Å². The molecule has 0 atom stereocenters. The summed E-state index contributed by atoms with van der Waals surface area (Å²) in [5, 5.41) is 19.7. The second-order valence-electron chi connectivity index (χ2n) is 4.71. The molecule has 0 radical (unpaired) electrons. The van der Waals surface area contributed by atoms with Crippen LogP contribution in [0, 0.1) is 0 Å². The maximum atomic E-state index is 12.6. The first-order valence-electron chi connectivity index (χ1n) is 6.32. The van der Waals surface area contributed by atoms with Crippen LogP contribution in [0.25, 0.3) is 0 Å². The van der Waals surface area contributed by atoms with E-state index < -0.39 is 11.6 Å². The third kappa shape index (κ3) is 1.48. The van der Waals surface area contributed by atoms with Crippen molar-refractivity contribution >= 4 is 11.6 Å². The minimum absolute atomic E-state index is 0.108. The lowest BCUT2D eigenvalue weighted by Crippen LogP contribution is -2.22. The Kier molecular flexibility index (Phi) is 2.61. The number of rotatable bonds is 1. The van der Waals surface area contributed by atoms with Crippen LogP contribution in [0.2, 0.25) is 0 Å². The number of aromatic hydroxyl groups is 2. The molecule has 2 aromatic carbocycles. The summed E-state index contributed by atoms with van der Waals surface area (Å²) in [4.78, 5) is 25.1. The Balaban J connectivity index is 2.40. The number of hydrogen-bond acceptors (Lipinski definition) is 4. The van der Waals surface area contributed by atoms with Crippen molar-refractivity contribution in [2.45, 2.75) is 13.3 Å². The quantitative estimate of drug-likeness (QED) is 0.665. The summed E-state index contributed by atoms with van der Waals surface area (Å²) >= 11 is 0. The fraction of sp³-hybridized carbons (Fsp3) is 0.125. The standard InChI is InChI=1S/C16H12O4/c1-2-8-4-3-5-9-12(8)16(20)14-11(18)7-6-10(17)13(14)15(9)19/h3-7,17-18H,2H2,1H3. The lowest BCUT2D eigenvalue weighted by Gasteiger charge is -2.21. The average Bonchev–Trinajstić information content (AvgIpc) is 2.46. The Hall–Kier alpha value is -2.62. The highest BCUT2D eigenvalue weighted by Gasteiger charge is 2.35. The topological polar surface area (TPSA) is 74.6 Å². The summed E-state index contributed by atoms with van der Waals surface area (Å²) in [5.74, 6) is -1.42. The van der Waals surface area contributed by atoms with Gasteiger partial charge in [-0.1, -0.05) is 25.1 Å². The van der Waals surface area contributed by atoms with Gasteiger partial charge in [0.15, 0.2) is 11.6 Å². The SMILES string of the molecule is CCc1cccc2c1C(=O)c1c(O)ccc(O)c1C2=O. The number of benzene rings is 2. The number of carbonyl (C=O) groups is 2. The van der Waals surface area contributed by atoms with Crippen molar-refractivity contribution in [1.82, 2.24) is 0 Å². The molecule has 0 unspecified atom stereocenters. The van der Waals surface area contributed by atoms with Crippen LogP contribution >= 0.6 is 0 Å². The number of hydrogen-bond donors (Lipinski definition) is 2. The van der Waals surface area contributed by atoms with E-state index in [1.165, 1.54) is 12.1 Å². The molecule has 0 heterocycles. The van der Waals surface area contributed by atoms with Crippen LogP contribution in [-0.4, -0.2) is 21.8 Å². The number of ketones is 2. The Morgan fingerprint density at radius 3 is 2.05 bits per heavy atom. The van der Waals surface area contributed by atoms with Crippen molar-refractivity contribution in [3.8, 4) is 11.5 Å². The van der Waals surface area contributed by atoms with Gasteiger partial charge in [0.25, 0.3) is 0 Å². The Bertz CT molecular complexity index is 759. The van der Waals surface area contributed by atoms with Crippen LogP contribution in [0.1, 0.15) is 44.3 Å². The molecular formula is C16H12O4. The molecule has 0 bridgehead atoms. The molecule has 0 fully saturated rings. The fourth-order valence-electron chi connectivity index (χ4n) is 2.65. The van der Waals surface area contributed by atoms with E-state index in [1.807, 2.05) is 6.92 Å². The summed E-state index contributed by atoms with van der Waals surface area (Å²) in [7, 11) is 0. The summed E-state index contributed by atoms with van der Waals surface area (Å²) in [6, 6.07) is 7.51. The highest BCUT2D eigenvalue weighted by atomic mass is 16.3. The van der Waals surface area contributed by atoms with Gasteiger partial charge in [-0.3, -0.25) is 9.59 Å². The first kappa shape index (κ1) is 12.4. The molecule has 4 heteroatoms. The van der Waals surface area contributed by atoms with Gasteiger partial charge in [-0.05, 0) is 24.1 Å². The fourth-order valence-corrected chi connectivity index (χ4v) is 2.65. The van der Waals surface area contributed by atoms with Gasteiger partial charge in [0.2, 0.25) is 0 Å². The van der Waals surface area contributed by atoms with Gasteiger partial charge in [-0.2, -0.15) is 0 Å². The first-order valence-corrected chi connectivity index (χ1v) is 6.32. The minimum atomic E-state index is -0.432. The van der Waals surface area contributed by atoms with Crippen LogP contribution in [0.15, 0.2) is 30.3 Å². The number of fused-ring (bicyclic) bond motifs is 2. The molecule has 0 saturated carbocycles. The zero-order valence-corrected chi connectivity index (χ0v) is 10.8. The van der Waals surface area contributed by atoms with Crippen LogP contribution in [0.4, 0.5) is 0 Å². The molecule has 0 aliphatic heterocycles. The molecular weight excluding hydrogens is 256 g/mol. The maximum absolute atomic E-state index is 12.6. The van der Waals surface area contributed by atoms with E-state index in [4.69, 9.17) is 0 Å². The number of phenols is 2. The lowest BCUT2D eigenvalue weighted by molar-refractivity contribution is 0.0973. The largest absolute Gasteiger partial charge is 0.507 e. The lowest BCUT2D eigenvalue weighted by atomic mass is 9.80. The second-order valence-corrected chi connectivity index (χ2v) is 4.71. The van der Waals surface area contributed by atoms with E-state index in [1.54, 1.807) is 18.2 Å². The molecule has 1 aliphatic rings. The van der Waals surface area contributed by atoms with Crippen LogP contribution in [-0.2, 0) is 6.42 Å². The minimum Gasteiger partial charge on any atom is -0.507 e. The number of aryl methyl sites for hydroxylation is 1. The zero-order valence-electron chi connectivity index (χ0n) is 10.8. The summed E-state index contributed by atoms with van der Waals surface area (Å²) < 4.78 is 0. The van der Waals surface area contributed by atoms with Gasteiger partial charge in [-0.15, -0.1) is 0 Å².